The number of morpholine rings is 1. The number of aliphatic hydroxyl groups excluding tert-OH is 3. The molecule has 5 fully saturated rings. The Hall–Kier alpha value is -4.32. The van der Waals surface area contributed by atoms with Gasteiger partial charge >= 0.3 is 0 Å². The van der Waals surface area contributed by atoms with Crippen LogP contribution in [-0.4, -0.2) is 127 Å². The van der Waals surface area contributed by atoms with E-state index in [1.165, 1.54) is 34.9 Å². The third-order valence-electron chi connectivity index (χ3n) is 13.8. The first kappa shape index (κ1) is 58.8. The molecule has 9 atom stereocenters. The van der Waals surface area contributed by atoms with E-state index in [4.69, 9.17) is 42.6 Å². The molecule has 4 aromatic carbocycles. The lowest BCUT2D eigenvalue weighted by atomic mass is 9.94. The number of aryl methyl sites for hydroxylation is 2. The third kappa shape index (κ3) is 14.0. The van der Waals surface area contributed by atoms with Crippen molar-refractivity contribution in [2.75, 3.05) is 40.5 Å². The van der Waals surface area contributed by atoms with Crippen LogP contribution in [0.1, 0.15) is 85.2 Å². The molecular weight excluding hydrogens is 1130 g/mol. The van der Waals surface area contributed by atoms with Crippen molar-refractivity contribution in [3.63, 3.8) is 0 Å². The zero-order valence-electron chi connectivity index (χ0n) is 45.4. The largest absolute Gasteiger partial charge is 0.496 e. The Morgan fingerprint density at radius 2 is 1.17 bits per heavy atom. The topological polar surface area (TPSA) is 164 Å². The molecule has 414 valence electrons. The number of hydrogen-bond donors (Lipinski definition) is 3. The molecule has 3 N–H and O–H groups in total. The van der Waals surface area contributed by atoms with Crippen LogP contribution < -0.4 is 9.47 Å². The SMILES string of the molecule is CC.CC1(C)O[C@@H]2O[C@@H](C(=O)N3CCOCC3)[C@@H](O)[C@@H]2O1.COc1ccccc1-c1ccc(Cc2cc(C(O)[C@@H]3O[C@H]4OC(C)(C)O[C@H]4[C@@H]3O)ccc2C)s1.COc1ccccc1-c1ccc(Cc2cc(I)ccc2C)s1. The predicted octanol–water partition coefficient (Wildman–Crippen LogP) is 10.6. The summed E-state index contributed by atoms with van der Waals surface area (Å²) in [6, 6.07) is 37.4. The molecule has 0 spiro atoms. The zero-order valence-corrected chi connectivity index (χ0v) is 49.2. The number of aliphatic hydroxyl groups is 3. The molecule has 6 aromatic rings. The maximum Gasteiger partial charge on any atom is 0.254 e. The number of halogens is 1. The number of carbonyl (C=O) groups is 1. The highest BCUT2D eigenvalue weighted by atomic mass is 127. The second-order valence-corrected chi connectivity index (χ2v) is 23.6. The fourth-order valence-electron chi connectivity index (χ4n) is 9.83. The van der Waals surface area contributed by atoms with Gasteiger partial charge in [0.1, 0.15) is 48.1 Å². The average molecular weight is 1210 g/mol. The first-order valence-electron chi connectivity index (χ1n) is 26.1. The number of carbonyl (C=O) groups excluding carboxylic acids is 1. The van der Waals surface area contributed by atoms with Crippen molar-refractivity contribution >= 4 is 51.2 Å². The van der Waals surface area contributed by atoms with Gasteiger partial charge in [-0.3, -0.25) is 4.79 Å². The molecule has 7 heterocycles. The lowest BCUT2D eigenvalue weighted by Gasteiger charge is -2.30. The van der Waals surface area contributed by atoms with E-state index in [0.717, 1.165) is 45.9 Å². The summed E-state index contributed by atoms with van der Waals surface area (Å²) in [4.78, 5) is 18.9. The van der Waals surface area contributed by atoms with Gasteiger partial charge in [0, 0.05) is 60.1 Å². The van der Waals surface area contributed by atoms with E-state index in [0.29, 0.717) is 31.9 Å². The number of hydrogen-bond acceptors (Lipinski definition) is 15. The van der Waals surface area contributed by atoms with Crippen molar-refractivity contribution < 1.29 is 62.7 Å². The van der Waals surface area contributed by atoms with Gasteiger partial charge in [0.25, 0.3) is 5.91 Å². The van der Waals surface area contributed by atoms with E-state index in [2.05, 4.69) is 97.1 Å². The molecule has 11 rings (SSSR count). The number of fused-ring (bicyclic) bond motifs is 2. The van der Waals surface area contributed by atoms with E-state index >= 15 is 0 Å². The Labute approximate surface area is 474 Å². The minimum atomic E-state index is -0.998. The summed E-state index contributed by atoms with van der Waals surface area (Å²) in [5.74, 6) is -0.0411. The maximum absolute atomic E-state index is 12.3. The average Bonchev–Trinajstić information content (AvgIpc) is 4.34. The van der Waals surface area contributed by atoms with Crippen LogP contribution in [0.4, 0.5) is 0 Å². The number of benzene rings is 4. The summed E-state index contributed by atoms with van der Waals surface area (Å²) in [5, 5.41) is 32.0. The van der Waals surface area contributed by atoms with Gasteiger partial charge in [0.05, 0.1) is 27.4 Å². The highest BCUT2D eigenvalue weighted by Gasteiger charge is 2.58. The molecule has 0 bridgehead atoms. The molecule has 5 aliphatic rings. The van der Waals surface area contributed by atoms with Crippen molar-refractivity contribution in [1.29, 1.82) is 0 Å². The Morgan fingerprint density at radius 3 is 1.69 bits per heavy atom. The van der Waals surface area contributed by atoms with Crippen LogP contribution in [0.25, 0.3) is 20.9 Å². The first-order valence-corrected chi connectivity index (χ1v) is 28.8. The van der Waals surface area contributed by atoms with E-state index in [-0.39, 0.29) is 5.91 Å². The Kier molecular flexibility index (Phi) is 19.8. The van der Waals surface area contributed by atoms with Crippen molar-refractivity contribution in [1.82, 2.24) is 4.90 Å². The molecule has 0 aliphatic carbocycles. The van der Waals surface area contributed by atoms with Crippen LogP contribution in [-0.2, 0) is 50.8 Å². The fourth-order valence-corrected chi connectivity index (χ4v) is 12.5. The normalized spacial score (nSPS) is 25.0. The molecule has 77 heavy (non-hydrogen) atoms. The van der Waals surface area contributed by atoms with Crippen LogP contribution in [0.3, 0.4) is 0 Å². The summed E-state index contributed by atoms with van der Waals surface area (Å²) < 4.78 is 51.4. The lowest BCUT2D eigenvalue weighted by Crippen LogP contribution is -2.50. The maximum atomic E-state index is 12.3. The fraction of sp³-hybridized carbons (Fsp3) is 0.450. The van der Waals surface area contributed by atoms with Gasteiger partial charge in [-0.1, -0.05) is 62.4 Å². The minimum Gasteiger partial charge on any atom is -0.496 e. The van der Waals surface area contributed by atoms with Gasteiger partial charge < -0.3 is 62.9 Å². The summed E-state index contributed by atoms with van der Waals surface area (Å²) in [6.45, 7) is 17.4. The van der Waals surface area contributed by atoms with Crippen LogP contribution in [0, 0.1) is 17.4 Å². The smallest absolute Gasteiger partial charge is 0.254 e. The number of amides is 1. The van der Waals surface area contributed by atoms with Crippen LogP contribution in [0.2, 0.25) is 0 Å². The minimum absolute atomic E-state index is 0.227. The number of methoxy groups -OCH3 is 2. The van der Waals surface area contributed by atoms with Gasteiger partial charge in [0.2, 0.25) is 0 Å². The molecule has 2 aromatic heterocycles. The van der Waals surface area contributed by atoms with Crippen molar-refractivity contribution in [2.45, 2.75) is 135 Å². The van der Waals surface area contributed by atoms with Crippen LogP contribution in [0.15, 0.2) is 109 Å². The van der Waals surface area contributed by atoms with E-state index in [1.54, 1.807) is 58.2 Å². The summed E-state index contributed by atoms with van der Waals surface area (Å²) in [7, 11) is 3.41. The molecule has 1 unspecified atom stereocenters. The summed E-state index contributed by atoms with van der Waals surface area (Å²) in [5.41, 5.74) is 7.96. The molecule has 0 saturated carbocycles. The number of thiophene rings is 2. The van der Waals surface area contributed by atoms with Crippen LogP contribution >= 0.6 is 45.3 Å². The third-order valence-corrected chi connectivity index (χ3v) is 16.7. The quantitative estimate of drug-likeness (QED) is 0.105. The van der Waals surface area contributed by atoms with Gasteiger partial charge in [0.15, 0.2) is 30.3 Å². The first-order chi connectivity index (χ1) is 36.9. The molecule has 14 nitrogen and oxygen atoms in total. The van der Waals surface area contributed by atoms with Gasteiger partial charge in [-0.05, 0) is 153 Å². The summed E-state index contributed by atoms with van der Waals surface area (Å²) >= 11 is 5.95. The predicted molar refractivity (Wildman–Crippen MR) is 306 cm³/mol. The van der Waals surface area contributed by atoms with Gasteiger partial charge in [-0.2, -0.15) is 0 Å². The van der Waals surface area contributed by atoms with E-state index in [1.807, 2.05) is 73.7 Å². The lowest BCUT2D eigenvalue weighted by molar-refractivity contribution is -0.226. The molecular formula is C60H72INO13S2. The Balaban J connectivity index is 0.000000158. The monoisotopic (exact) mass is 1210 g/mol. The molecule has 5 saturated heterocycles. The van der Waals surface area contributed by atoms with Gasteiger partial charge in [-0.15, -0.1) is 22.7 Å². The standard InChI is InChI=1S/C27H30O6S.C19H17IOS.C12H19NO6.C2H6/c1-15-9-10-16(22(28)24-23(29)25-26(31-24)33-27(2,3)32-25)13-17(15)14-18-11-12-21(34-18)19-7-5-6-8-20(19)30-4;1-13-7-8-15(20)11-14(13)12-16-9-10-19(22-16)17-5-3-4-6-18(17)21-2;1-12(2)18-9-7(14)8(17-11(9)19-12)10(15)13-3-5-16-6-4-13;1-2/h5-13,22-26,28-29H,14H2,1-4H3;3-11H,12H2,1-2H3;7-9,11,14H,3-6H2,1-2H3;1-2H3/t22?,23-,24+,25+,26+;;7-,8-,9+,11+;/m1.1./s1. The Morgan fingerprint density at radius 1 is 0.675 bits per heavy atom. The number of para-hydroxylation sites is 2. The molecule has 1 amide bonds. The van der Waals surface area contributed by atoms with Gasteiger partial charge in [-0.25, -0.2) is 0 Å². The van der Waals surface area contributed by atoms with Crippen molar-refractivity contribution in [2.24, 2.45) is 0 Å². The zero-order chi connectivity index (χ0) is 55.2. The van der Waals surface area contributed by atoms with E-state index in [9.17, 15) is 20.1 Å². The van der Waals surface area contributed by atoms with Crippen molar-refractivity contribution in [3.05, 3.63) is 150 Å². The highest BCUT2D eigenvalue weighted by molar-refractivity contribution is 14.1. The highest BCUT2D eigenvalue weighted by Crippen LogP contribution is 2.43. The van der Waals surface area contributed by atoms with Crippen LogP contribution in [0.5, 0.6) is 11.5 Å². The number of ether oxygens (including phenoxy) is 9. The molecule has 17 heteroatoms. The summed E-state index contributed by atoms with van der Waals surface area (Å²) in [6.07, 6.45) is -5.56. The molecule has 5 aliphatic heterocycles. The van der Waals surface area contributed by atoms with E-state index < -0.39 is 66.9 Å². The number of rotatable bonds is 11. The second-order valence-electron chi connectivity index (χ2n) is 20.0. The number of nitrogens with zero attached hydrogens (tertiary/aromatic N) is 1. The second kappa shape index (κ2) is 25.9. The molecule has 0 radical (unpaired) electrons. The van der Waals surface area contributed by atoms with Crippen molar-refractivity contribution in [3.8, 4) is 32.4 Å². The Bertz CT molecular complexity index is 2920.